The van der Waals surface area contributed by atoms with Gasteiger partial charge in [-0.3, -0.25) is 26.6 Å². The van der Waals surface area contributed by atoms with E-state index in [0.717, 1.165) is 44.4 Å². The highest BCUT2D eigenvalue weighted by atomic mass is 15.4. The van der Waals surface area contributed by atoms with Crippen molar-refractivity contribution < 1.29 is 0 Å². The summed E-state index contributed by atoms with van der Waals surface area (Å²) < 4.78 is 0. The van der Waals surface area contributed by atoms with Crippen molar-refractivity contribution in [2.24, 2.45) is 35.5 Å². The van der Waals surface area contributed by atoms with E-state index in [1.165, 1.54) is 105 Å². The van der Waals surface area contributed by atoms with Gasteiger partial charge in [0.25, 0.3) is 0 Å². The molecule has 8 aliphatic carbocycles. The van der Waals surface area contributed by atoms with Gasteiger partial charge in [0.1, 0.15) is 0 Å². The Balaban J connectivity index is 0.744. The Morgan fingerprint density at radius 3 is 2.10 bits per heavy atom. The van der Waals surface area contributed by atoms with Crippen molar-refractivity contribution >= 4 is 5.57 Å². The molecule has 2 heterocycles. The number of nitrogens with one attached hydrogen (secondary N) is 5. The molecule has 352 valence electrons. The molecule has 5 heteroatoms. The minimum Gasteiger partial charge on any atom is -0.298 e. The fourth-order valence-corrected chi connectivity index (χ4v) is 13.9. The van der Waals surface area contributed by atoms with Gasteiger partial charge < -0.3 is 0 Å². The second kappa shape index (κ2) is 21.3. The van der Waals surface area contributed by atoms with E-state index in [2.05, 4.69) is 167 Å². The van der Waals surface area contributed by atoms with Gasteiger partial charge in [-0.1, -0.05) is 160 Å². The maximum atomic E-state index is 4.38. The zero-order chi connectivity index (χ0) is 44.9. The quantitative estimate of drug-likeness (QED) is 0.152. The molecule has 12 unspecified atom stereocenters. The van der Waals surface area contributed by atoms with Gasteiger partial charge in [-0.2, -0.15) is 0 Å². The van der Waals surface area contributed by atoms with E-state index >= 15 is 0 Å². The molecule has 1 aromatic carbocycles. The number of benzene rings is 1. The van der Waals surface area contributed by atoms with Crippen LogP contribution in [0.4, 0.5) is 0 Å². The maximum Gasteiger partial charge on any atom is 0.0861 e. The molecule has 2 aliphatic heterocycles. The van der Waals surface area contributed by atoms with E-state index in [-0.39, 0.29) is 18.5 Å². The Morgan fingerprint density at radius 1 is 0.507 bits per heavy atom. The van der Waals surface area contributed by atoms with Crippen LogP contribution in [0.2, 0.25) is 0 Å². The Labute approximate surface area is 403 Å². The molecule has 0 amide bonds. The van der Waals surface area contributed by atoms with E-state index in [1.54, 1.807) is 16.7 Å². The van der Waals surface area contributed by atoms with Crippen LogP contribution in [0.25, 0.3) is 5.57 Å². The molecular weight excluding hydrogens is 815 g/mol. The van der Waals surface area contributed by atoms with Crippen LogP contribution >= 0.6 is 0 Å². The highest BCUT2D eigenvalue weighted by Crippen LogP contribution is 2.43. The van der Waals surface area contributed by atoms with Crippen molar-refractivity contribution in [3.05, 3.63) is 173 Å². The third kappa shape index (κ3) is 10.4. The number of allylic oxidation sites excluding steroid dienone is 19. The summed E-state index contributed by atoms with van der Waals surface area (Å²) in [7, 11) is 0. The highest BCUT2D eigenvalue weighted by Gasteiger charge is 2.44. The SMILES string of the molecule is CC1C(C2C=CC(c3ccc(C4C=CC=CC4)cc3)=CC2)NC(C2CCC=C(C3=CC=CC(C4C=CC=C(C5NC(C6=CCCC=C6)NC(C6=CCCCC6)N5)C4)C3)C2)NC1C1CCCCC1. The fourth-order valence-electron chi connectivity index (χ4n) is 13.9. The number of hydrogen-bond donors (Lipinski definition) is 5. The molecule has 0 aromatic heterocycles. The van der Waals surface area contributed by atoms with Gasteiger partial charge in [0, 0.05) is 18.0 Å². The summed E-state index contributed by atoms with van der Waals surface area (Å²) in [6, 6.07) is 10.5. The van der Waals surface area contributed by atoms with Crippen molar-refractivity contribution in [2.75, 3.05) is 0 Å². The summed E-state index contributed by atoms with van der Waals surface area (Å²) in [4.78, 5) is 0. The maximum absolute atomic E-state index is 4.38. The molecule has 67 heavy (non-hydrogen) atoms. The van der Waals surface area contributed by atoms with E-state index in [1.807, 2.05) is 0 Å². The predicted octanol–water partition coefficient (Wildman–Crippen LogP) is 13.0. The Kier molecular flexibility index (Phi) is 14.4. The molecule has 0 spiro atoms. The van der Waals surface area contributed by atoms with Crippen LogP contribution in [0.5, 0.6) is 0 Å². The minimum atomic E-state index is 0.146. The summed E-state index contributed by atoms with van der Waals surface area (Å²) in [6.45, 7) is 2.57. The van der Waals surface area contributed by atoms with Crippen LogP contribution in [-0.2, 0) is 0 Å². The van der Waals surface area contributed by atoms with Gasteiger partial charge in [0.05, 0.1) is 24.7 Å². The monoisotopic (exact) mass is 894 g/mol. The van der Waals surface area contributed by atoms with Gasteiger partial charge in [-0.15, -0.1) is 0 Å². The van der Waals surface area contributed by atoms with Crippen molar-refractivity contribution in [3.63, 3.8) is 0 Å². The molecule has 0 bridgehead atoms. The summed E-state index contributed by atoms with van der Waals surface area (Å²) in [6.07, 6.45) is 66.6. The molecule has 2 saturated heterocycles. The first kappa shape index (κ1) is 45.3. The molecule has 0 radical (unpaired) electrons. The summed E-state index contributed by atoms with van der Waals surface area (Å²) >= 11 is 0. The summed E-state index contributed by atoms with van der Waals surface area (Å²) in [5.41, 5.74) is 11.8. The van der Waals surface area contributed by atoms with Crippen LogP contribution in [0.1, 0.15) is 140 Å². The Bertz CT molecular complexity index is 2300. The topological polar surface area (TPSA) is 60.1 Å². The van der Waals surface area contributed by atoms with Crippen LogP contribution < -0.4 is 26.6 Å². The number of hydrogen-bond acceptors (Lipinski definition) is 5. The molecular formula is C62H79N5. The number of rotatable bonds is 10. The highest BCUT2D eigenvalue weighted by molar-refractivity contribution is 5.75. The second-order valence-electron chi connectivity index (χ2n) is 22.0. The smallest absolute Gasteiger partial charge is 0.0861 e. The molecule has 1 aromatic rings. The van der Waals surface area contributed by atoms with E-state index in [0.29, 0.717) is 53.8 Å². The lowest BCUT2D eigenvalue weighted by Crippen LogP contribution is -2.68. The lowest BCUT2D eigenvalue weighted by atomic mass is 9.70. The minimum absolute atomic E-state index is 0.146. The first-order valence-electron chi connectivity index (χ1n) is 27.2. The van der Waals surface area contributed by atoms with Crippen molar-refractivity contribution in [1.82, 2.24) is 26.6 Å². The molecule has 1 saturated carbocycles. The molecule has 5 N–H and O–H groups in total. The normalized spacial score (nSPS) is 37.0. The zero-order valence-electron chi connectivity index (χ0n) is 40.4. The van der Waals surface area contributed by atoms with Crippen LogP contribution in [-0.4, -0.2) is 36.7 Å². The zero-order valence-corrected chi connectivity index (χ0v) is 40.4. The molecule has 3 fully saturated rings. The molecule has 11 rings (SSSR count). The van der Waals surface area contributed by atoms with Crippen LogP contribution in [0.3, 0.4) is 0 Å². The Hall–Kier alpha value is -4.10. The lowest BCUT2D eigenvalue weighted by molar-refractivity contribution is 0.0667. The predicted molar refractivity (Wildman–Crippen MR) is 281 cm³/mol. The standard InChI is InChI=1S/C62H79N5/c1-42-57(47-19-8-3-9-20-47)63-61(64-58(42)48-37-35-46(36-38-48)45-33-31-44(32-34-45)43-17-6-2-7-18-43)55-29-15-27-53(40-55)51-25-14-26-52(39-51)54-28-16-30-56(41-54)62-66-59(49-21-10-4-11-22-49)65-60(67-62)50-23-12-5-13-24-50/h2,6-7,10,14,16-17,21-23,25-28,30-37,42-43,47-48,52,54-55,57-67H,3-5,8-9,11-13,15,18-20,24,29,38-41H2,1H3. The third-order valence-corrected chi connectivity index (χ3v) is 17.8. The van der Waals surface area contributed by atoms with Gasteiger partial charge in [0.2, 0.25) is 0 Å². The van der Waals surface area contributed by atoms with Gasteiger partial charge in [0.15, 0.2) is 0 Å². The van der Waals surface area contributed by atoms with Crippen molar-refractivity contribution in [1.29, 1.82) is 0 Å². The van der Waals surface area contributed by atoms with Crippen molar-refractivity contribution in [2.45, 2.75) is 165 Å². The fraction of sp³-hybridized carbons (Fsp3) is 0.516. The average Bonchev–Trinajstić information content (AvgIpc) is 3.42. The molecule has 5 nitrogen and oxygen atoms in total. The second-order valence-corrected chi connectivity index (χ2v) is 22.0. The van der Waals surface area contributed by atoms with E-state index in [9.17, 15) is 0 Å². The first-order chi connectivity index (χ1) is 33.1. The van der Waals surface area contributed by atoms with Gasteiger partial charge in [-0.05, 0) is 176 Å². The van der Waals surface area contributed by atoms with Crippen molar-refractivity contribution in [3.8, 4) is 0 Å². The van der Waals surface area contributed by atoms with E-state index in [4.69, 9.17) is 0 Å². The van der Waals surface area contributed by atoms with Gasteiger partial charge >= 0.3 is 0 Å². The van der Waals surface area contributed by atoms with Crippen LogP contribution in [0, 0.1) is 35.5 Å². The average molecular weight is 894 g/mol. The summed E-state index contributed by atoms with van der Waals surface area (Å²) in [5.74, 6) is 3.98. The molecule has 12 atom stereocenters. The largest absolute Gasteiger partial charge is 0.298 e. The van der Waals surface area contributed by atoms with E-state index < -0.39 is 0 Å². The lowest BCUT2D eigenvalue weighted by Gasteiger charge is -2.51. The first-order valence-corrected chi connectivity index (χ1v) is 27.2. The van der Waals surface area contributed by atoms with Crippen LogP contribution in [0.15, 0.2) is 161 Å². The molecule has 10 aliphatic rings. The Morgan fingerprint density at radius 2 is 1.33 bits per heavy atom. The summed E-state index contributed by atoms with van der Waals surface area (Å²) in [5, 5.41) is 20.8. The van der Waals surface area contributed by atoms with Gasteiger partial charge in [-0.25, -0.2) is 0 Å². The third-order valence-electron chi connectivity index (χ3n) is 17.8.